The minimum atomic E-state index is -0.813. The molecule has 0 bridgehead atoms. The second-order valence-corrected chi connectivity index (χ2v) is 7.36. The lowest BCUT2D eigenvalue weighted by Crippen LogP contribution is -2.53. The molecule has 0 spiro atoms. The van der Waals surface area contributed by atoms with Crippen LogP contribution in [0.5, 0.6) is 0 Å². The molecule has 2 N–H and O–H groups in total. The number of rotatable bonds is 9. The number of hydrogen-bond donors (Lipinski definition) is 2. The van der Waals surface area contributed by atoms with Gasteiger partial charge in [-0.3, -0.25) is 14.6 Å². The molecule has 1 aromatic carbocycles. The number of nitrogens with zero attached hydrogens (tertiary/aromatic N) is 1. The Bertz CT molecular complexity index is 686. The van der Waals surface area contributed by atoms with Gasteiger partial charge in [-0.25, -0.2) is 4.79 Å². The summed E-state index contributed by atoms with van der Waals surface area (Å²) in [6.45, 7) is 8.96. The van der Waals surface area contributed by atoms with Gasteiger partial charge in [0.1, 0.15) is 18.1 Å². The standard InChI is InChI=1S/C21H31N3O4/c1-13(2)17(22-12-16-10-8-7-9-11-16)20(26)23-15(5)19(25)24-18(14(3)4)21(27)28-6/h7-15,17-18H,1-6H3,(H,23,26)(H,24,25)/t15-,17-,18-/m0/s1. The van der Waals surface area contributed by atoms with Crippen LogP contribution in [0.25, 0.3) is 0 Å². The number of hydrogen-bond acceptors (Lipinski definition) is 5. The number of carbonyl (C=O) groups is 3. The van der Waals surface area contributed by atoms with Crippen molar-refractivity contribution in [3.05, 3.63) is 35.9 Å². The number of carbonyl (C=O) groups excluding carboxylic acids is 3. The van der Waals surface area contributed by atoms with Crippen molar-refractivity contribution in [3.63, 3.8) is 0 Å². The molecule has 7 heteroatoms. The van der Waals surface area contributed by atoms with E-state index in [0.29, 0.717) is 0 Å². The lowest BCUT2D eigenvalue weighted by atomic mass is 10.0. The Labute approximate surface area is 166 Å². The average Bonchev–Trinajstić information content (AvgIpc) is 2.65. The molecule has 0 saturated heterocycles. The molecule has 1 rings (SSSR count). The van der Waals surface area contributed by atoms with Crippen LogP contribution in [-0.2, 0) is 19.1 Å². The predicted octanol–water partition coefficient (Wildman–Crippen LogP) is 1.95. The summed E-state index contributed by atoms with van der Waals surface area (Å²) in [7, 11) is 1.27. The Hall–Kier alpha value is -2.70. The number of aliphatic imine (C=N–C) groups is 1. The fourth-order valence-electron chi connectivity index (χ4n) is 2.52. The normalized spacial score (nSPS) is 14.6. The van der Waals surface area contributed by atoms with Gasteiger partial charge in [-0.2, -0.15) is 0 Å². The molecule has 0 aromatic heterocycles. The number of ether oxygens (including phenoxy) is 1. The third-order valence-electron chi connectivity index (χ3n) is 4.26. The minimum Gasteiger partial charge on any atom is -0.467 e. The summed E-state index contributed by atoms with van der Waals surface area (Å²) in [4.78, 5) is 41.2. The highest BCUT2D eigenvalue weighted by Crippen LogP contribution is 2.09. The van der Waals surface area contributed by atoms with E-state index in [-0.39, 0.29) is 17.7 Å². The zero-order valence-electron chi connectivity index (χ0n) is 17.4. The maximum Gasteiger partial charge on any atom is 0.328 e. The van der Waals surface area contributed by atoms with Gasteiger partial charge < -0.3 is 15.4 Å². The number of esters is 1. The summed E-state index contributed by atoms with van der Waals surface area (Å²) < 4.78 is 4.72. The summed E-state index contributed by atoms with van der Waals surface area (Å²) in [5.41, 5.74) is 0.893. The number of amides is 2. The lowest BCUT2D eigenvalue weighted by Gasteiger charge is -2.23. The summed E-state index contributed by atoms with van der Waals surface area (Å²) in [5.74, 6) is -1.50. The maximum atomic E-state index is 12.6. The van der Waals surface area contributed by atoms with Gasteiger partial charge in [0.05, 0.1) is 7.11 Å². The maximum absolute atomic E-state index is 12.6. The monoisotopic (exact) mass is 389 g/mol. The summed E-state index contributed by atoms with van der Waals surface area (Å²) >= 11 is 0. The fourth-order valence-corrected chi connectivity index (χ4v) is 2.52. The van der Waals surface area contributed by atoms with Gasteiger partial charge in [0, 0.05) is 6.21 Å². The highest BCUT2D eigenvalue weighted by Gasteiger charge is 2.29. The van der Waals surface area contributed by atoms with Crippen molar-refractivity contribution in [2.45, 2.75) is 52.7 Å². The topological polar surface area (TPSA) is 96.9 Å². The Kier molecular flexibility index (Phi) is 9.35. The first-order valence-corrected chi connectivity index (χ1v) is 9.44. The molecule has 0 unspecified atom stereocenters. The van der Waals surface area contributed by atoms with Crippen LogP contribution in [0.15, 0.2) is 35.3 Å². The Morgan fingerprint density at radius 2 is 1.54 bits per heavy atom. The molecule has 0 aliphatic rings. The molecular formula is C21H31N3O4. The molecule has 154 valence electrons. The van der Waals surface area contributed by atoms with Crippen molar-refractivity contribution in [1.29, 1.82) is 0 Å². The largest absolute Gasteiger partial charge is 0.467 e. The zero-order valence-corrected chi connectivity index (χ0v) is 17.4. The van der Waals surface area contributed by atoms with Crippen LogP contribution in [0, 0.1) is 11.8 Å². The first kappa shape index (κ1) is 23.3. The van der Waals surface area contributed by atoms with E-state index in [0.717, 1.165) is 5.56 Å². The van der Waals surface area contributed by atoms with Gasteiger partial charge in [0.15, 0.2) is 0 Å². The smallest absolute Gasteiger partial charge is 0.328 e. The van der Waals surface area contributed by atoms with E-state index in [9.17, 15) is 14.4 Å². The van der Waals surface area contributed by atoms with E-state index in [1.165, 1.54) is 7.11 Å². The molecule has 0 heterocycles. The fraction of sp³-hybridized carbons (Fsp3) is 0.524. The van der Waals surface area contributed by atoms with Gasteiger partial charge in [-0.1, -0.05) is 58.0 Å². The first-order chi connectivity index (χ1) is 13.2. The molecule has 7 nitrogen and oxygen atoms in total. The van der Waals surface area contributed by atoms with Gasteiger partial charge in [0.25, 0.3) is 0 Å². The van der Waals surface area contributed by atoms with Crippen molar-refractivity contribution in [2.24, 2.45) is 16.8 Å². The van der Waals surface area contributed by atoms with Crippen LogP contribution in [0.2, 0.25) is 0 Å². The highest BCUT2D eigenvalue weighted by molar-refractivity contribution is 5.93. The number of benzene rings is 1. The Balaban J connectivity index is 2.77. The summed E-state index contributed by atoms with van der Waals surface area (Å²) in [6, 6.07) is 7.28. The summed E-state index contributed by atoms with van der Waals surface area (Å²) in [5, 5.41) is 5.31. The Morgan fingerprint density at radius 1 is 0.929 bits per heavy atom. The molecule has 0 aliphatic heterocycles. The molecule has 28 heavy (non-hydrogen) atoms. The van der Waals surface area contributed by atoms with E-state index < -0.39 is 30.0 Å². The predicted molar refractivity (Wildman–Crippen MR) is 109 cm³/mol. The molecule has 0 saturated carbocycles. The summed E-state index contributed by atoms with van der Waals surface area (Å²) in [6.07, 6.45) is 1.65. The minimum absolute atomic E-state index is 0.0475. The van der Waals surface area contributed by atoms with E-state index in [1.54, 1.807) is 27.0 Å². The molecule has 3 atom stereocenters. The molecule has 0 radical (unpaired) electrons. The molecule has 0 aliphatic carbocycles. The van der Waals surface area contributed by atoms with Gasteiger partial charge in [0.2, 0.25) is 11.8 Å². The van der Waals surface area contributed by atoms with E-state index in [4.69, 9.17) is 4.74 Å². The van der Waals surface area contributed by atoms with Crippen molar-refractivity contribution in [1.82, 2.24) is 10.6 Å². The van der Waals surface area contributed by atoms with E-state index in [2.05, 4.69) is 15.6 Å². The van der Waals surface area contributed by atoms with Crippen molar-refractivity contribution >= 4 is 24.0 Å². The third kappa shape index (κ3) is 7.13. The van der Waals surface area contributed by atoms with Crippen LogP contribution in [0.4, 0.5) is 0 Å². The van der Waals surface area contributed by atoms with Gasteiger partial charge >= 0.3 is 5.97 Å². The third-order valence-corrected chi connectivity index (χ3v) is 4.26. The van der Waals surface area contributed by atoms with Crippen LogP contribution < -0.4 is 10.6 Å². The quantitative estimate of drug-likeness (QED) is 0.498. The van der Waals surface area contributed by atoms with Gasteiger partial charge in [-0.05, 0) is 24.3 Å². The van der Waals surface area contributed by atoms with Crippen LogP contribution >= 0.6 is 0 Å². The molecule has 0 fully saturated rings. The molecular weight excluding hydrogens is 358 g/mol. The number of methoxy groups -OCH3 is 1. The lowest BCUT2D eigenvalue weighted by molar-refractivity contribution is -0.146. The molecule has 1 aromatic rings. The van der Waals surface area contributed by atoms with Crippen LogP contribution in [0.3, 0.4) is 0 Å². The van der Waals surface area contributed by atoms with Crippen molar-refractivity contribution in [2.75, 3.05) is 7.11 Å². The average molecular weight is 389 g/mol. The van der Waals surface area contributed by atoms with Crippen molar-refractivity contribution < 1.29 is 19.1 Å². The van der Waals surface area contributed by atoms with Crippen LogP contribution in [-0.4, -0.2) is 49.2 Å². The highest BCUT2D eigenvalue weighted by atomic mass is 16.5. The first-order valence-electron chi connectivity index (χ1n) is 9.44. The Morgan fingerprint density at radius 3 is 2.04 bits per heavy atom. The number of nitrogens with one attached hydrogen (secondary N) is 2. The van der Waals surface area contributed by atoms with E-state index >= 15 is 0 Å². The van der Waals surface area contributed by atoms with E-state index in [1.807, 2.05) is 44.2 Å². The second-order valence-electron chi connectivity index (χ2n) is 7.36. The second kappa shape index (κ2) is 11.2. The van der Waals surface area contributed by atoms with Crippen LogP contribution in [0.1, 0.15) is 40.2 Å². The molecule has 2 amide bonds. The van der Waals surface area contributed by atoms with Gasteiger partial charge in [-0.15, -0.1) is 0 Å². The van der Waals surface area contributed by atoms with Crippen molar-refractivity contribution in [3.8, 4) is 0 Å². The zero-order chi connectivity index (χ0) is 21.3. The SMILES string of the molecule is COC(=O)[C@@H](NC(=O)[C@H](C)NC(=O)[C@@H](N=Cc1ccccc1)C(C)C)C(C)C.